The molecule has 0 aliphatic carbocycles. The first-order chi connectivity index (χ1) is 5.33. The summed E-state index contributed by atoms with van der Waals surface area (Å²) in [5.74, 6) is 0. The second-order valence-corrected chi connectivity index (χ2v) is 2.43. The van der Waals surface area contributed by atoms with Crippen LogP contribution in [0, 0.1) is 0 Å². The summed E-state index contributed by atoms with van der Waals surface area (Å²) in [6.45, 7) is 2.46. The van der Waals surface area contributed by atoms with Gasteiger partial charge in [0.2, 0.25) is 0 Å². The molecule has 0 radical (unpaired) electrons. The summed E-state index contributed by atoms with van der Waals surface area (Å²) in [6.07, 6.45) is 5.29. The molecule has 1 aliphatic rings. The Morgan fingerprint density at radius 3 is 3.09 bits per heavy atom. The van der Waals surface area contributed by atoms with E-state index in [0.717, 1.165) is 12.8 Å². The molecule has 1 heterocycles. The Hall–Kier alpha value is -0.990. The van der Waals surface area contributed by atoms with Crippen LogP contribution in [-0.2, 0) is 9.47 Å². The van der Waals surface area contributed by atoms with Crippen LogP contribution in [0.5, 0.6) is 0 Å². The molecule has 0 aromatic carbocycles. The Morgan fingerprint density at radius 1 is 1.73 bits per heavy atom. The van der Waals surface area contributed by atoms with E-state index in [1.807, 2.05) is 12.2 Å². The molecular formula is C8H12O3. The van der Waals surface area contributed by atoms with Crippen LogP contribution < -0.4 is 0 Å². The van der Waals surface area contributed by atoms with Crippen molar-refractivity contribution in [2.75, 3.05) is 6.61 Å². The minimum atomic E-state index is -0.559. The molecule has 3 heteroatoms. The lowest BCUT2D eigenvalue weighted by Gasteiger charge is -1.96. The van der Waals surface area contributed by atoms with Gasteiger partial charge in [0, 0.05) is 0 Å². The van der Waals surface area contributed by atoms with Crippen molar-refractivity contribution in [2.24, 2.45) is 0 Å². The number of cyclic esters (lactones) is 2. The first-order valence-corrected chi connectivity index (χ1v) is 3.83. The highest BCUT2D eigenvalue weighted by Crippen LogP contribution is 2.07. The average molecular weight is 156 g/mol. The number of carbonyl (C=O) groups excluding carboxylic acids is 1. The first kappa shape index (κ1) is 8.11. The molecule has 11 heavy (non-hydrogen) atoms. The first-order valence-electron chi connectivity index (χ1n) is 3.83. The average Bonchev–Trinajstić information content (AvgIpc) is 2.37. The summed E-state index contributed by atoms with van der Waals surface area (Å²) in [7, 11) is 0. The van der Waals surface area contributed by atoms with Crippen LogP contribution >= 0.6 is 0 Å². The Kier molecular flexibility index (Phi) is 2.95. The van der Waals surface area contributed by atoms with Crippen molar-refractivity contribution >= 4 is 6.16 Å². The molecular weight excluding hydrogens is 144 g/mol. The molecule has 62 valence electrons. The number of hydrogen-bond acceptors (Lipinski definition) is 3. The van der Waals surface area contributed by atoms with E-state index in [4.69, 9.17) is 4.74 Å². The number of ether oxygens (including phenoxy) is 2. The van der Waals surface area contributed by atoms with E-state index in [-0.39, 0.29) is 6.10 Å². The summed E-state index contributed by atoms with van der Waals surface area (Å²) in [6, 6.07) is 0. The molecule has 1 atom stereocenters. The molecule has 1 aliphatic heterocycles. The predicted molar refractivity (Wildman–Crippen MR) is 40.3 cm³/mol. The van der Waals surface area contributed by atoms with Gasteiger partial charge in [-0.2, -0.15) is 0 Å². The van der Waals surface area contributed by atoms with Gasteiger partial charge in [0.15, 0.2) is 6.10 Å². The lowest BCUT2D eigenvalue weighted by Crippen LogP contribution is -2.04. The third-order valence-electron chi connectivity index (χ3n) is 1.42. The summed E-state index contributed by atoms with van der Waals surface area (Å²) < 4.78 is 9.34. The highest BCUT2D eigenvalue weighted by Gasteiger charge is 2.21. The predicted octanol–water partition coefficient (Wildman–Crippen LogP) is 1.88. The Bertz CT molecular complexity index is 163. The van der Waals surface area contributed by atoms with Crippen molar-refractivity contribution in [3.8, 4) is 0 Å². The number of allylic oxidation sites excluding steroid dienone is 1. The van der Waals surface area contributed by atoms with E-state index in [1.165, 1.54) is 0 Å². The van der Waals surface area contributed by atoms with Gasteiger partial charge in [-0.05, 0) is 12.5 Å². The van der Waals surface area contributed by atoms with Crippen LogP contribution in [0.4, 0.5) is 4.79 Å². The van der Waals surface area contributed by atoms with Gasteiger partial charge >= 0.3 is 6.16 Å². The zero-order valence-electron chi connectivity index (χ0n) is 6.58. The largest absolute Gasteiger partial charge is 0.509 e. The fraction of sp³-hybridized carbons (Fsp3) is 0.625. The normalized spacial score (nSPS) is 23.7. The zero-order chi connectivity index (χ0) is 8.10. The Labute approximate surface area is 66.0 Å². The molecule has 0 amide bonds. The fourth-order valence-electron chi connectivity index (χ4n) is 0.851. The number of unbranched alkanes of at least 4 members (excludes halogenated alkanes) is 1. The Balaban J connectivity index is 2.22. The maximum absolute atomic E-state index is 10.4. The van der Waals surface area contributed by atoms with Crippen LogP contribution in [0.25, 0.3) is 0 Å². The highest BCUT2D eigenvalue weighted by atomic mass is 16.8. The van der Waals surface area contributed by atoms with Gasteiger partial charge in [0.25, 0.3) is 0 Å². The minimum Gasteiger partial charge on any atom is -0.430 e. The molecule has 0 saturated carbocycles. The smallest absolute Gasteiger partial charge is 0.430 e. The van der Waals surface area contributed by atoms with E-state index >= 15 is 0 Å². The summed E-state index contributed by atoms with van der Waals surface area (Å²) in [5.41, 5.74) is 0. The molecule has 1 unspecified atom stereocenters. The lowest BCUT2D eigenvalue weighted by atomic mass is 10.2. The fourth-order valence-corrected chi connectivity index (χ4v) is 0.851. The minimum absolute atomic E-state index is 0.158. The standard InChI is InChI=1S/C8H12O3/c1-2-3-4-5-7-6-10-8(9)11-7/h4-5,7H,2-3,6H2,1H3. The zero-order valence-corrected chi connectivity index (χ0v) is 6.58. The van der Waals surface area contributed by atoms with Crippen molar-refractivity contribution in [2.45, 2.75) is 25.9 Å². The van der Waals surface area contributed by atoms with E-state index in [9.17, 15) is 4.79 Å². The summed E-state index contributed by atoms with van der Waals surface area (Å²) >= 11 is 0. The van der Waals surface area contributed by atoms with Crippen LogP contribution in [0.3, 0.4) is 0 Å². The van der Waals surface area contributed by atoms with Crippen molar-refractivity contribution in [3.05, 3.63) is 12.2 Å². The van der Waals surface area contributed by atoms with Gasteiger partial charge in [-0.25, -0.2) is 4.79 Å². The van der Waals surface area contributed by atoms with Gasteiger partial charge in [-0.3, -0.25) is 0 Å². The maximum Gasteiger partial charge on any atom is 0.509 e. The van der Waals surface area contributed by atoms with Gasteiger partial charge in [0.05, 0.1) is 0 Å². The molecule has 0 aromatic rings. The molecule has 0 spiro atoms. The summed E-state index contributed by atoms with van der Waals surface area (Å²) in [5, 5.41) is 0. The quantitative estimate of drug-likeness (QED) is 0.462. The molecule has 3 nitrogen and oxygen atoms in total. The molecule has 0 aromatic heterocycles. The van der Waals surface area contributed by atoms with E-state index < -0.39 is 6.16 Å². The second kappa shape index (κ2) is 4.01. The van der Waals surface area contributed by atoms with Crippen molar-refractivity contribution in [1.29, 1.82) is 0 Å². The summed E-state index contributed by atoms with van der Waals surface area (Å²) in [4.78, 5) is 10.4. The van der Waals surface area contributed by atoms with Crippen molar-refractivity contribution < 1.29 is 14.3 Å². The monoisotopic (exact) mass is 156 g/mol. The van der Waals surface area contributed by atoms with E-state index in [1.54, 1.807) is 0 Å². The van der Waals surface area contributed by atoms with Crippen LogP contribution in [0.15, 0.2) is 12.2 Å². The van der Waals surface area contributed by atoms with Crippen LogP contribution in [-0.4, -0.2) is 18.9 Å². The third kappa shape index (κ3) is 2.62. The molecule has 0 bridgehead atoms. The molecule has 0 N–H and O–H groups in total. The Morgan fingerprint density at radius 2 is 2.55 bits per heavy atom. The van der Waals surface area contributed by atoms with Crippen LogP contribution in [0.2, 0.25) is 0 Å². The van der Waals surface area contributed by atoms with E-state index in [2.05, 4.69) is 11.7 Å². The van der Waals surface area contributed by atoms with E-state index in [0.29, 0.717) is 6.61 Å². The van der Waals surface area contributed by atoms with Crippen LogP contribution in [0.1, 0.15) is 19.8 Å². The van der Waals surface area contributed by atoms with Gasteiger partial charge < -0.3 is 9.47 Å². The number of hydrogen-bond donors (Lipinski definition) is 0. The topological polar surface area (TPSA) is 35.5 Å². The van der Waals surface area contributed by atoms with Gasteiger partial charge in [-0.1, -0.05) is 19.4 Å². The second-order valence-electron chi connectivity index (χ2n) is 2.43. The third-order valence-corrected chi connectivity index (χ3v) is 1.42. The molecule has 1 saturated heterocycles. The molecule has 1 fully saturated rings. The maximum atomic E-state index is 10.4. The van der Waals surface area contributed by atoms with Gasteiger partial charge in [-0.15, -0.1) is 0 Å². The van der Waals surface area contributed by atoms with Crippen molar-refractivity contribution in [3.63, 3.8) is 0 Å². The number of rotatable bonds is 3. The molecule has 1 rings (SSSR count). The van der Waals surface area contributed by atoms with Crippen molar-refractivity contribution in [1.82, 2.24) is 0 Å². The number of carbonyl (C=O) groups is 1. The lowest BCUT2D eigenvalue weighted by molar-refractivity contribution is 0.125. The highest BCUT2D eigenvalue weighted by molar-refractivity contribution is 5.62. The SMILES string of the molecule is CCCC=CC1COC(=O)O1. The van der Waals surface area contributed by atoms with Gasteiger partial charge in [0.1, 0.15) is 6.61 Å².